The van der Waals surface area contributed by atoms with Crippen LogP contribution in [0.25, 0.3) is 17.2 Å². The number of thioether (sulfide) groups is 1. The molecule has 13 heteroatoms. The first-order valence-corrected chi connectivity index (χ1v) is 18.2. The Hall–Kier alpha value is -6.05. The van der Waals surface area contributed by atoms with E-state index in [1.54, 1.807) is 73.7 Å². The average molecular weight is 752 g/mol. The lowest BCUT2D eigenvalue weighted by Crippen LogP contribution is -2.30. The third-order valence-electron chi connectivity index (χ3n) is 7.63. The summed E-state index contributed by atoms with van der Waals surface area (Å²) >= 11 is 2.50. The standard InChI is InChI=1S/C40H37N3O8S2/c1-5-51-40(47)36-30(25-13-8-6-9-14-25)23-53-39(36)43-35(44)24-52-29-18-12-17-28(21-29)41-38(46)31(42-37(45)26-15-10-7-11-16-26)19-27-20-33(49-3)34(50-4)22-32(27)48-2/h6-23H,5,24H2,1-4H3,(H,41,46)(H,42,45)(H,43,44)/b31-19+. The van der Waals surface area contributed by atoms with Crippen molar-refractivity contribution >= 4 is 63.6 Å². The molecular weight excluding hydrogens is 715 g/mol. The van der Waals surface area contributed by atoms with Gasteiger partial charge in [-0.15, -0.1) is 23.1 Å². The number of carbonyl (C=O) groups excluding carboxylic acids is 4. The molecule has 1 heterocycles. The number of methoxy groups -OCH3 is 3. The zero-order valence-electron chi connectivity index (χ0n) is 29.4. The van der Waals surface area contributed by atoms with E-state index in [4.69, 9.17) is 18.9 Å². The molecule has 0 aliphatic carbocycles. The number of ether oxygens (including phenoxy) is 4. The first-order valence-electron chi connectivity index (χ1n) is 16.3. The highest BCUT2D eigenvalue weighted by molar-refractivity contribution is 8.00. The zero-order valence-corrected chi connectivity index (χ0v) is 31.0. The molecule has 0 unspecified atom stereocenters. The molecular formula is C40H37N3O8S2. The summed E-state index contributed by atoms with van der Waals surface area (Å²) in [6.07, 6.45) is 1.48. The number of benzene rings is 4. The van der Waals surface area contributed by atoms with Crippen LogP contribution in [-0.4, -0.2) is 57.4 Å². The molecule has 0 fully saturated rings. The Morgan fingerprint density at radius 1 is 0.774 bits per heavy atom. The molecule has 3 amide bonds. The fourth-order valence-corrected chi connectivity index (χ4v) is 6.85. The molecule has 5 aromatic rings. The van der Waals surface area contributed by atoms with Gasteiger partial charge in [0.15, 0.2) is 11.5 Å². The number of carbonyl (C=O) groups is 4. The second kappa shape index (κ2) is 18.4. The number of nitrogens with one attached hydrogen (secondary N) is 3. The van der Waals surface area contributed by atoms with Crippen molar-refractivity contribution in [3.8, 4) is 28.4 Å². The van der Waals surface area contributed by atoms with Crippen molar-refractivity contribution in [1.82, 2.24) is 5.32 Å². The van der Waals surface area contributed by atoms with Crippen LogP contribution < -0.4 is 30.2 Å². The number of anilines is 2. The number of hydrogen-bond donors (Lipinski definition) is 3. The summed E-state index contributed by atoms with van der Waals surface area (Å²) in [5, 5.41) is 10.7. The minimum Gasteiger partial charge on any atom is -0.496 e. The van der Waals surface area contributed by atoms with Gasteiger partial charge in [0.25, 0.3) is 11.8 Å². The van der Waals surface area contributed by atoms with Crippen molar-refractivity contribution in [2.24, 2.45) is 0 Å². The molecule has 0 spiro atoms. The summed E-state index contributed by atoms with van der Waals surface area (Å²) in [6, 6.07) is 28.1. The van der Waals surface area contributed by atoms with E-state index in [1.807, 2.05) is 35.7 Å². The quantitative estimate of drug-likeness (QED) is 0.0556. The summed E-state index contributed by atoms with van der Waals surface area (Å²) in [5.74, 6) is -0.710. The SMILES string of the molecule is CCOC(=O)c1c(-c2ccccc2)csc1NC(=O)CSc1cccc(NC(=O)/C(=C\c2cc(OC)c(OC)cc2OC)NC(=O)c2ccccc2)c1. The molecule has 272 valence electrons. The Kier molecular flexibility index (Phi) is 13.3. The molecule has 0 aliphatic heterocycles. The third-order valence-corrected chi connectivity index (χ3v) is 9.52. The van der Waals surface area contributed by atoms with Gasteiger partial charge >= 0.3 is 5.97 Å². The van der Waals surface area contributed by atoms with E-state index in [2.05, 4.69) is 16.0 Å². The molecule has 0 saturated heterocycles. The van der Waals surface area contributed by atoms with Crippen LogP contribution in [0.2, 0.25) is 0 Å². The minimum absolute atomic E-state index is 0.0234. The molecule has 0 atom stereocenters. The van der Waals surface area contributed by atoms with Crippen molar-refractivity contribution in [2.75, 3.05) is 44.3 Å². The van der Waals surface area contributed by atoms with Crippen molar-refractivity contribution in [2.45, 2.75) is 11.8 Å². The molecule has 0 saturated carbocycles. The molecule has 53 heavy (non-hydrogen) atoms. The average Bonchev–Trinajstić information content (AvgIpc) is 3.60. The van der Waals surface area contributed by atoms with Gasteiger partial charge in [0.1, 0.15) is 22.0 Å². The largest absolute Gasteiger partial charge is 0.496 e. The van der Waals surface area contributed by atoms with Gasteiger partial charge in [0.05, 0.1) is 33.7 Å². The summed E-state index contributed by atoms with van der Waals surface area (Å²) in [7, 11) is 4.46. The second-order valence-electron chi connectivity index (χ2n) is 11.1. The Balaban J connectivity index is 1.33. The Morgan fingerprint density at radius 3 is 2.13 bits per heavy atom. The van der Waals surface area contributed by atoms with Crippen molar-refractivity contribution < 1.29 is 38.1 Å². The Bertz CT molecular complexity index is 2120. The van der Waals surface area contributed by atoms with E-state index in [0.717, 1.165) is 5.56 Å². The molecule has 5 rings (SSSR count). The fraction of sp³-hybridized carbons (Fsp3) is 0.150. The maximum atomic E-state index is 13.8. The molecule has 3 N–H and O–H groups in total. The van der Waals surface area contributed by atoms with Gasteiger partial charge in [-0.25, -0.2) is 4.79 Å². The van der Waals surface area contributed by atoms with Gasteiger partial charge in [0, 0.05) is 38.7 Å². The summed E-state index contributed by atoms with van der Waals surface area (Å²) in [4.78, 5) is 53.7. The second-order valence-corrected chi connectivity index (χ2v) is 13.0. The lowest BCUT2D eigenvalue weighted by atomic mass is 10.0. The Labute approximate surface area is 315 Å². The first-order chi connectivity index (χ1) is 25.7. The topological polar surface area (TPSA) is 141 Å². The maximum absolute atomic E-state index is 13.8. The van der Waals surface area contributed by atoms with Gasteiger partial charge in [-0.3, -0.25) is 14.4 Å². The van der Waals surface area contributed by atoms with E-state index >= 15 is 0 Å². The van der Waals surface area contributed by atoms with Gasteiger partial charge < -0.3 is 34.9 Å². The summed E-state index contributed by atoms with van der Waals surface area (Å²) in [5.41, 5.74) is 2.99. The maximum Gasteiger partial charge on any atom is 0.341 e. The van der Waals surface area contributed by atoms with E-state index in [9.17, 15) is 19.2 Å². The number of amides is 3. The number of thiophene rings is 1. The molecule has 0 bridgehead atoms. The summed E-state index contributed by atoms with van der Waals surface area (Å²) < 4.78 is 21.7. The molecule has 11 nitrogen and oxygen atoms in total. The van der Waals surface area contributed by atoms with Gasteiger partial charge in [-0.05, 0) is 55.0 Å². The highest BCUT2D eigenvalue weighted by Crippen LogP contribution is 2.37. The van der Waals surface area contributed by atoms with E-state index in [-0.39, 0.29) is 24.0 Å². The lowest BCUT2D eigenvalue weighted by molar-refractivity contribution is -0.114. The van der Waals surface area contributed by atoms with Crippen LogP contribution >= 0.6 is 23.1 Å². The minimum atomic E-state index is -0.607. The zero-order chi connectivity index (χ0) is 37.7. The molecule has 0 aliphatic rings. The van der Waals surface area contributed by atoms with Crippen molar-refractivity contribution in [3.05, 3.63) is 125 Å². The van der Waals surface area contributed by atoms with Crippen LogP contribution in [0.15, 0.2) is 113 Å². The van der Waals surface area contributed by atoms with Gasteiger partial charge in [-0.1, -0.05) is 54.6 Å². The van der Waals surface area contributed by atoms with Crippen LogP contribution in [0.3, 0.4) is 0 Å². The van der Waals surface area contributed by atoms with Crippen LogP contribution in [0, 0.1) is 0 Å². The normalized spacial score (nSPS) is 10.9. The molecule has 4 aromatic carbocycles. The predicted octanol–water partition coefficient (Wildman–Crippen LogP) is 7.76. The monoisotopic (exact) mass is 751 g/mol. The van der Waals surface area contributed by atoms with Gasteiger partial charge in [0.2, 0.25) is 5.91 Å². The number of esters is 1. The summed E-state index contributed by atoms with van der Waals surface area (Å²) in [6.45, 7) is 1.92. The highest BCUT2D eigenvalue weighted by Gasteiger charge is 2.23. The fourth-order valence-electron chi connectivity index (χ4n) is 5.12. The highest BCUT2D eigenvalue weighted by atomic mass is 32.2. The smallest absolute Gasteiger partial charge is 0.341 e. The third kappa shape index (κ3) is 9.84. The van der Waals surface area contributed by atoms with Crippen molar-refractivity contribution in [1.29, 1.82) is 0 Å². The van der Waals surface area contributed by atoms with Crippen LogP contribution in [-0.2, 0) is 14.3 Å². The molecule has 1 aromatic heterocycles. The number of rotatable bonds is 15. The predicted molar refractivity (Wildman–Crippen MR) is 208 cm³/mol. The van der Waals surface area contributed by atoms with Crippen LogP contribution in [0.4, 0.5) is 10.7 Å². The first kappa shape index (κ1) is 38.2. The Morgan fingerprint density at radius 2 is 1.45 bits per heavy atom. The van der Waals surface area contributed by atoms with E-state index in [0.29, 0.717) is 55.1 Å². The van der Waals surface area contributed by atoms with Crippen LogP contribution in [0.1, 0.15) is 33.2 Å². The van der Waals surface area contributed by atoms with Gasteiger partial charge in [-0.2, -0.15) is 0 Å². The van der Waals surface area contributed by atoms with E-state index < -0.39 is 17.8 Å². The van der Waals surface area contributed by atoms with E-state index in [1.165, 1.54) is 50.5 Å². The lowest BCUT2D eigenvalue weighted by Gasteiger charge is -2.15. The van der Waals surface area contributed by atoms with Crippen molar-refractivity contribution in [3.63, 3.8) is 0 Å². The van der Waals surface area contributed by atoms with Crippen LogP contribution in [0.5, 0.6) is 17.2 Å². The number of hydrogen-bond acceptors (Lipinski definition) is 10. The molecule has 0 radical (unpaired) electrons.